The maximum Gasteiger partial charge on any atom is 0.410 e. The number of hydrogen-bond acceptors (Lipinski definition) is 6. The van der Waals surface area contributed by atoms with Gasteiger partial charge in [-0.3, -0.25) is 9.63 Å². The van der Waals surface area contributed by atoms with E-state index in [1.165, 1.54) is 7.11 Å². The van der Waals surface area contributed by atoms with Crippen LogP contribution in [0.4, 0.5) is 4.79 Å². The molecular weight excluding hydrogens is 374 g/mol. The molecular formula is C21H31N3O5. The number of carbonyl (C=O) groups excluding carboxylic acids is 2. The third-order valence-corrected chi connectivity index (χ3v) is 5.32. The van der Waals surface area contributed by atoms with Crippen molar-refractivity contribution in [1.82, 2.24) is 14.9 Å². The number of hydrogen-bond donors (Lipinski definition) is 0. The van der Waals surface area contributed by atoms with Crippen LogP contribution in [0, 0.1) is 6.92 Å². The first-order valence-corrected chi connectivity index (χ1v) is 10.1. The van der Waals surface area contributed by atoms with Crippen molar-refractivity contribution in [3.05, 3.63) is 23.4 Å². The summed E-state index contributed by atoms with van der Waals surface area (Å²) >= 11 is 0. The highest BCUT2D eigenvalue weighted by molar-refractivity contribution is 5.93. The zero-order valence-corrected chi connectivity index (χ0v) is 18.1. The average molecular weight is 405 g/mol. The van der Waals surface area contributed by atoms with E-state index in [0.717, 1.165) is 30.7 Å². The molecule has 2 bridgehead atoms. The van der Waals surface area contributed by atoms with E-state index in [9.17, 15) is 9.59 Å². The Bertz CT molecular complexity index is 762. The van der Waals surface area contributed by atoms with E-state index >= 15 is 0 Å². The number of aromatic nitrogens is 1. The molecule has 0 saturated carbocycles. The van der Waals surface area contributed by atoms with Crippen molar-refractivity contribution < 1.29 is 23.9 Å². The molecule has 2 aliphatic rings. The van der Waals surface area contributed by atoms with E-state index in [1.54, 1.807) is 19.2 Å². The zero-order chi connectivity index (χ0) is 21.3. The molecule has 1 unspecified atom stereocenters. The predicted octanol–water partition coefficient (Wildman–Crippen LogP) is 3.33. The minimum absolute atomic E-state index is 0.0522. The van der Waals surface area contributed by atoms with Gasteiger partial charge in [-0.15, -0.1) is 0 Å². The smallest absolute Gasteiger partial charge is 0.410 e. The Hall–Kier alpha value is -2.35. The number of pyridine rings is 1. The Morgan fingerprint density at radius 1 is 1.17 bits per heavy atom. The summed E-state index contributed by atoms with van der Waals surface area (Å²) in [4.78, 5) is 36.3. The number of hydroxylamine groups is 2. The maximum atomic E-state index is 12.6. The fourth-order valence-corrected chi connectivity index (χ4v) is 4.09. The molecule has 8 heteroatoms. The summed E-state index contributed by atoms with van der Waals surface area (Å²) in [5, 5.41) is 1.16. The van der Waals surface area contributed by atoms with Gasteiger partial charge < -0.3 is 14.4 Å². The van der Waals surface area contributed by atoms with Gasteiger partial charge >= 0.3 is 6.09 Å². The van der Waals surface area contributed by atoms with Gasteiger partial charge in [0.1, 0.15) is 11.7 Å². The molecule has 0 radical (unpaired) electrons. The largest absolute Gasteiger partial charge is 0.474 e. The lowest BCUT2D eigenvalue weighted by atomic mass is 10.00. The lowest BCUT2D eigenvalue weighted by Crippen LogP contribution is -2.50. The summed E-state index contributed by atoms with van der Waals surface area (Å²) in [5.41, 5.74) is 0.656. The van der Waals surface area contributed by atoms with Crippen molar-refractivity contribution in [3.8, 4) is 5.88 Å². The Kier molecular flexibility index (Phi) is 6.03. The Balaban J connectivity index is 1.68. The first-order valence-electron chi connectivity index (χ1n) is 10.1. The number of piperidine rings is 1. The van der Waals surface area contributed by atoms with Crippen LogP contribution in [0.25, 0.3) is 0 Å². The van der Waals surface area contributed by atoms with Crippen molar-refractivity contribution in [1.29, 1.82) is 0 Å². The number of rotatable bonds is 4. The van der Waals surface area contributed by atoms with Gasteiger partial charge in [-0.05, 0) is 46.6 Å². The normalized spacial score (nSPS) is 23.7. The number of fused-ring (bicyclic) bond motifs is 2. The van der Waals surface area contributed by atoms with Crippen LogP contribution in [0.1, 0.15) is 62.5 Å². The van der Waals surface area contributed by atoms with Crippen LogP contribution in [-0.2, 0) is 9.57 Å². The molecule has 3 heterocycles. The zero-order valence-electron chi connectivity index (χ0n) is 18.1. The Morgan fingerprint density at radius 2 is 1.79 bits per heavy atom. The molecule has 3 rings (SSSR count). The second kappa shape index (κ2) is 8.18. The summed E-state index contributed by atoms with van der Waals surface area (Å²) in [6.07, 6.45) is 3.07. The highest BCUT2D eigenvalue weighted by Crippen LogP contribution is 2.38. The van der Waals surface area contributed by atoms with E-state index in [-0.39, 0.29) is 30.2 Å². The molecule has 2 fully saturated rings. The van der Waals surface area contributed by atoms with Crippen molar-refractivity contribution >= 4 is 12.0 Å². The van der Waals surface area contributed by atoms with Gasteiger partial charge in [-0.25, -0.2) is 14.8 Å². The molecule has 0 aromatic carbocycles. The first-order chi connectivity index (χ1) is 13.6. The highest BCUT2D eigenvalue weighted by atomic mass is 16.7. The minimum Gasteiger partial charge on any atom is -0.474 e. The summed E-state index contributed by atoms with van der Waals surface area (Å²) in [7, 11) is 3.00. The van der Waals surface area contributed by atoms with Gasteiger partial charge in [0, 0.05) is 49.3 Å². The first kappa shape index (κ1) is 21.4. The monoisotopic (exact) mass is 405 g/mol. The number of ether oxygens (including phenoxy) is 2. The molecule has 0 spiro atoms. The van der Waals surface area contributed by atoms with Crippen molar-refractivity contribution in [2.45, 2.75) is 77.2 Å². The molecule has 3 atom stereocenters. The third kappa shape index (κ3) is 4.98. The Labute approximate surface area is 172 Å². The lowest BCUT2D eigenvalue weighted by molar-refractivity contribution is -0.0757. The highest BCUT2D eigenvalue weighted by Gasteiger charge is 2.45. The topological polar surface area (TPSA) is 81.2 Å². The van der Waals surface area contributed by atoms with Crippen molar-refractivity contribution in [3.63, 3.8) is 0 Å². The molecule has 0 aliphatic carbocycles. The van der Waals surface area contributed by atoms with Crippen molar-refractivity contribution in [2.75, 3.05) is 14.2 Å². The minimum atomic E-state index is -0.506. The number of nitrogens with zero attached hydrogens (tertiary/aromatic N) is 3. The van der Waals surface area contributed by atoms with E-state index in [2.05, 4.69) is 4.98 Å². The fraction of sp³-hybridized carbons (Fsp3) is 0.667. The number of carbonyl (C=O) groups is 2. The molecule has 2 saturated heterocycles. The predicted molar refractivity (Wildman–Crippen MR) is 107 cm³/mol. The lowest BCUT2D eigenvalue weighted by Gasteiger charge is -2.39. The van der Waals surface area contributed by atoms with Crippen molar-refractivity contribution in [2.24, 2.45) is 0 Å². The Morgan fingerprint density at radius 3 is 2.34 bits per heavy atom. The maximum absolute atomic E-state index is 12.6. The molecule has 2 aliphatic heterocycles. The molecule has 2 amide bonds. The number of aryl methyl sites for hydroxylation is 1. The molecule has 160 valence electrons. The van der Waals surface area contributed by atoms with Crippen LogP contribution in [0.15, 0.2) is 12.1 Å². The average Bonchev–Trinajstić information content (AvgIpc) is 2.89. The van der Waals surface area contributed by atoms with E-state index in [4.69, 9.17) is 14.3 Å². The summed E-state index contributed by atoms with van der Waals surface area (Å²) in [6.45, 7) is 7.47. The summed E-state index contributed by atoms with van der Waals surface area (Å²) in [6, 6.07) is 3.57. The van der Waals surface area contributed by atoms with Gasteiger partial charge in [0.2, 0.25) is 5.88 Å². The second-order valence-corrected chi connectivity index (χ2v) is 8.80. The molecule has 8 nitrogen and oxygen atoms in total. The second-order valence-electron chi connectivity index (χ2n) is 8.80. The molecule has 0 N–H and O–H groups in total. The molecule has 29 heavy (non-hydrogen) atoms. The van der Waals surface area contributed by atoms with Gasteiger partial charge in [0.25, 0.3) is 5.91 Å². The SMILES string of the molecule is CON(C)C(=O)c1cc(C)nc(OC2C[C@H]3CC[C@@H](C2)N3C(=O)OC(C)(C)C)c1. The van der Waals surface area contributed by atoms with E-state index < -0.39 is 5.60 Å². The van der Waals surface area contributed by atoms with Gasteiger partial charge in [0.05, 0.1) is 7.11 Å². The van der Waals surface area contributed by atoms with Gasteiger partial charge in [-0.2, -0.15) is 0 Å². The fourth-order valence-electron chi connectivity index (χ4n) is 4.09. The van der Waals surface area contributed by atoms with Gasteiger partial charge in [0.15, 0.2) is 0 Å². The summed E-state index contributed by atoms with van der Waals surface area (Å²) in [5.74, 6) is 0.163. The van der Waals surface area contributed by atoms with Crippen LogP contribution < -0.4 is 4.74 Å². The quantitative estimate of drug-likeness (QED) is 0.715. The third-order valence-electron chi connectivity index (χ3n) is 5.32. The van der Waals surface area contributed by atoms with Crippen LogP contribution in [0.5, 0.6) is 5.88 Å². The molecule has 1 aromatic heterocycles. The van der Waals surface area contributed by atoms with Crippen LogP contribution in [0.3, 0.4) is 0 Å². The van der Waals surface area contributed by atoms with Crippen LogP contribution in [0.2, 0.25) is 0 Å². The van der Waals surface area contributed by atoms with Crippen LogP contribution in [-0.4, -0.2) is 64.9 Å². The standard InChI is InChI=1S/C21H31N3O5/c1-13-9-14(19(25)23(5)27-6)10-18(22-13)28-17-11-15-7-8-16(12-17)24(15)20(26)29-21(2,3)4/h9-10,15-17H,7-8,11-12H2,1-6H3/t15-,16+,17?. The van der Waals surface area contributed by atoms with Gasteiger partial charge in [-0.1, -0.05) is 0 Å². The van der Waals surface area contributed by atoms with Crippen LogP contribution >= 0.6 is 0 Å². The van der Waals surface area contributed by atoms with E-state index in [1.807, 2.05) is 32.6 Å². The summed E-state index contributed by atoms with van der Waals surface area (Å²) < 4.78 is 11.7. The molecule has 1 aromatic rings. The van der Waals surface area contributed by atoms with E-state index in [0.29, 0.717) is 17.1 Å². The number of amides is 2.